The summed E-state index contributed by atoms with van der Waals surface area (Å²) in [4.78, 5) is 0. The molecular weight excluding hydrogens is 238 g/mol. The number of hydrogen-bond acceptors (Lipinski definition) is 2. The molecule has 3 nitrogen and oxygen atoms in total. The molecule has 0 spiro atoms. The first-order chi connectivity index (χ1) is 9.15. The third kappa shape index (κ3) is 2.88. The summed E-state index contributed by atoms with van der Waals surface area (Å²) in [5, 5.41) is 0. The van der Waals surface area contributed by atoms with Crippen molar-refractivity contribution in [2.24, 2.45) is 0 Å². The van der Waals surface area contributed by atoms with Gasteiger partial charge in [0.2, 0.25) is 0 Å². The summed E-state index contributed by atoms with van der Waals surface area (Å²) in [6.07, 6.45) is 0. The summed E-state index contributed by atoms with van der Waals surface area (Å²) in [6.45, 7) is 2.08. The van der Waals surface area contributed by atoms with Gasteiger partial charge in [0.05, 0.1) is 14.2 Å². The van der Waals surface area contributed by atoms with Crippen molar-refractivity contribution in [1.82, 2.24) is 0 Å². The van der Waals surface area contributed by atoms with Gasteiger partial charge in [-0.1, -0.05) is 29.8 Å². The Bertz CT molecular complexity index is 549. The average molecular weight is 258 g/mol. The van der Waals surface area contributed by atoms with Gasteiger partial charge in [0.25, 0.3) is 0 Å². The predicted molar refractivity (Wildman–Crippen MR) is 75.5 cm³/mol. The maximum Gasteiger partial charge on any atom is 0.161 e. The van der Waals surface area contributed by atoms with Crippen LogP contribution in [0.1, 0.15) is 22.7 Å². The number of rotatable bonds is 4. The summed E-state index contributed by atoms with van der Waals surface area (Å²) in [5.74, 6) is 1.48. The van der Waals surface area contributed by atoms with Gasteiger partial charge in [-0.15, -0.1) is 0 Å². The van der Waals surface area contributed by atoms with Crippen LogP contribution in [0.4, 0.5) is 0 Å². The van der Waals surface area contributed by atoms with E-state index in [-0.39, 0.29) is 6.04 Å². The first kappa shape index (κ1) is 13.4. The van der Waals surface area contributed by atoms with Crippen LogP contribution in [-0.2, 0) is 0 Å². The minimum absolute atomic E-state index is 0.0837. The highest BCUT2D eigenvalue weighted by Gasteiger charge is 2.15. The van der Waals surface area contributed by atoms with Crippen LogP contribution in [0.3, 0.4) is 0 Å². The molecule has 1 unspecified atom stereocenters. The van der Waals surface area contributed by atoms with Gasteiger partial charge in [-0.2, -0.15) is 0 Å². The maximum absolute atomic E-state index is 5.33. The van der Waals surface area contributed by atoms with E-state index in [1.807, 2.05) is 18.2 Å². The molecule has 0 amide bonds. The Kier molecular flexibility index (Phi) is 4.07. The minimum atomic E-state index is 0.0837. The van der Waals surface area contributed by atoms with Gasteiger partial charge in [0.15, 0.2) is 11.5 Å². The number of aryl methyl sites for hydroxylation is 1. The number of ether oxygens (including phenoxy) is 2. The van der Waals surface area contributed by atoms with Crippen molar-refractivity contribution in [3.05, 3.63) is 59.2 Å². The molecule has 2 rings (SSSR count). The molecule has 0 aliphatic heterocycles. The fourth-order valence-corrected chi connectivity index (χ4v) is 2.06. The van der Waals surface area contributed by atoms with Crippen LogP contribution in [0.2, 0.25) is 0 Å². The van der Waals surface area contributed by atoms with Gasteiger partial charge >= 0.3 is 0 Å². The molecule has 100 valence electrons. The maximum atomic E-state index is 5.33. The summed E-state index contributed by atoms with van der Waals surface area (Å²) in [7, 11) is 3.28. The van der Waals surface area contributed by atoms with Gasteiger partial charge in [-0.05, 0) is 25.1 Å². The van der Waals surface area contributed by atoms with E-state index < -0.39 is 0 Å². The molecule has 1 atom stereocenters. The van der Waals surface area contributed by atoms with E-state index in [1.165, 1.54) is 11.1 Å². The fourth-order valence-electron chi connectivity index (χ4n) is 2.06. The van der Waals surface area contributed by atoms with Gasteiger partial charge in [0, 0.05) is 11.1 Å². The topological polar surface area (TPSA) is 46.1 Å². The van der Waals surface area contributed by atoms with Crippen LogP contribution in [0.15, 0.2) is 42.5 Å². The van der Waals surface area contributed by atoms with E-state index in [1.54, 1.807) is 14.2 Å². The molecule has 0 heterocycles. The Morgan fingerprint density at radius 2 is 1.42 bits per heavy atom. The van der Waals surface area contributed by atoms with Crippen LogP contribution in [0, 0.1) is 6.92 Å². The average Bonchev–Trinajstić information content (AvgIpc) is 2.46. The molecular formula is C16H20NO2+. The normalized spacial score (nSPS) is 12.0. The van der Waals surface area contributed by atoms with Crippen molar-refractivity contribution in [2.75, 3.05) is 14.2 Å². The van der Waals surface area contributed by atoms with Gasteiger partial charge < -0.3 is 15.2 Å². The third-order valence-electron chi connectivity index (χ3n) is 3.29. The molecule has 0 saturated heterocycles. The second kappa shape index (κ2) is 5.76. The van der Waals surface area contributed by atoms with Gasteiger partial charge in [0.1, 0.15) is 6.04 Å². The molecule has 2 aromatic carbocycles. The van der Waals surface area contributed by atoms with Crippen LogP contribution >= 0.6 is 0 Å². The molecule has 2 aromatic rings. The first-order valence-electron chi connectivity index (χ1n) is 6.27. The summed E-state index contributed by atoms with van der Waals surface area (Å²) in [5.41, 5.74) is 7.80. The standard InChI is InChI=1S/C16H19NO2/c1-11-4-6-12(7-5-11)16(17)13-8-9-14(18-2)15(10-13)19-3/h4-10,16H,17H2,1-3H3/p+1. The highest BCUT2D eigenvalue weighted by Crippen LogP contribution is 2.30. The highest BCUT2D eigenvalue weighted by atomic mass is 16.5. The van der Waals surface area contributed by atoms with Crippen LogP contribution < -0.4 is 15.2 Å². The van der Waals surface area contributed by atoms with Crippen molar-refractivity contribution in [1.29, 1.82) is 0 Å². The van der Waals surface area contributed by atoms with E-state index in [4.69, 9.17) is 9.47 Å². The summed E-state index contributed by atoms with van der Waals surface area (Å²) >= 11 is 0. The Morgan fingerprint density at radius 3 is 2.00 bits per heavy atom. The molecule has 3 heteroatoms. The van der Waals surface area contributed by atoms with Crippen LogP contribution in [-0.4, -0.2) is 14.2 Å². The molecule has 0 saturated carbocycles. The quantitative estimate of drug-likeness (QED) is 0.915. The third-order valence-corrected chi connectivity index (χ3v) is 3.29. The number of methoxy groups -OCH3 is 2. The monoisotopic (exact) mass is 258 g/mol. The summed E-state index contributed by atoms with van der Waals surface area (Å²) in [6, 6.07) is 14.5. The largest absolute Gasteiger partial charge is 0.493 e. The molecule has 19 heavy (non-hydrogen) atoms. The Morgan fingerprint density at radius 1 is 0.842 bits per heavy atom. The van der Waals surface area contributed by atoms with E-state index in [2.05, 4.69) is 36.9 Å². The van der Waals surface area contributed by atoms with Crippen molar-refractivity contribution < 1.29 is 15.2 Å². The number of quaternary nitrogens is 1. The second-order valence-corrected chi connectivity index (χ2v) is 4.58. The number of benzene rings is 2. The second-order valence-electron chi connectivity index (χ2n) is 4.58. The van der Waals surface area contributed by atoms with E-state index >= 15 is 0 Å². The molecule has 0 aliphatic carbocycles. The lowest BCUT2D eigenvalue weighted by Gasteiger charge is -2.13. The molecule has 3 N–H and O–H groups in total. The molecule has 0 aliphatic rings. The zero-order valence-electron chi connectivity index (χ0n) is 11.6. The first-order valence-corrected chi connectivity index (χ1v) is 6.27. The summed E-state index contributed by atoms with van der Waals surface area (Å²) < 4.78 is 10.6. The van der Waals surface area contributed by atoms with Crippen molar-refractivity contribution in [3.63, 3.8) is 0 Å². The fraction of sp³-hybridized carbons (Fsp3) is 0.250. The van der Waals surface area contributed by atoms with E-state index in [0.717, 1.165) is 17.1 Å². The van der Waals surface area contributed by atoms with Gasteiger partial charge in [-0.25, -0.2) is 0 Å². The highest BCUT2D eigenvalue weighted by molar-refractivity contribution is 5.45. The lowest BCUT2D eigenvalue weighted by atomic mass is 9.98. The van der Waals surface area contributed by atoms with Crippen molar-refractivity contribution >= 4 is 0 Å². The van der Waals surface area contributed by atoms with E-state index in [0.29, 0.717) is 0 Å². The lowest BCUT2D eigenvalue weighted by Crippen LogP contribution is -2.54. The molecule has 0 bridgehead atoms. The number of hydrogen-bond donors (Lipinski definition) is 1. The van der Waals surface area contributed by atoms with Crippen molar-refractivity contribution in [2.45, 2.75) is 13.0 Å². The Hall–Kier alpha value is -2.00. The Balaban J connectivity index is 2.33. The predicted octanol–water partition coefficient (Wildman–Crippen LogP) is 2.34. The Labute approximate surface area is 114 Å². The zero-order chi connectivity index (χ0) is 13.8. The van der Waals surface area contributed by atoms with Crippen LogP contribution in [0.5, 0.6) is 11.5 Å². The van der Waals surface area contributed by atoms with Crippen LogP contribution in [0.25, 0.3) is 0 Å². The minimum Gasteiger partial charge on any atom is -0.493 e. The SMILES string of the molecule is COc1ccc(C([NH3+])c2ccc(C)cc2)cc1OC. The lowest BCUT2D eigenvalue weighted by molar-refractivity contribution is -0.411. The molecule has 0 radical (unpaired) electrons. The smallest absolute Gasteiger partial charge is 0.161 e. The van der Waals surface area contributed by atoms with Crippen molar-refractivity contribution in [3.8, 4) is 11.5 Å². The zero-order valence-corrected chi connectivity index (χ0v) is 11.6. The molecule has 0 aromatic heterocycles. The van der Waals surface area contributed by atoms with Gasteiger partial charge in [-0.3, -0.25) is 0 Å². The van der Waals surface area contributed by atoms with E-state index in [9.17, 15) is 0 Å². The molecule has 0 fully saturated rings.